The van der Waals surface area contributed by atoms with Gasteiger partial charge in [0, 0.05) is 0 Å². The molecule has 1 unspecified atom stereocenters. The Morgan fingerprint density at radius 3 is 1.93 bits per heavy atom. The van der Waals surface area contributed by atoms with Crippen LogP contribution >= 0.6 is 0 Å². The van der Waals surface area contributed by atoms with Crippen molar-refractivity contribution in [1.29, 1.82) is 0 Å². The van der Waals surface area contributed by atoms with Gasteiger partial charge >= 0.3 is 6.17 Å². The van der Waals surface area contributed by atoms with Crippen LogP contribution in [0.4, 0.5) is 0 Å². The van der Waals surface area contributed by atoms with Gasteiger partial charge in [-0.25, -0.2) is 0 Å². The largest absolute Gasteiger partial charge is 0.457 e. The minimum absolute atomic E-state index is 0.593. The zero-order valence-electron chi connectivity index (χ0n) is 8.07. The second-order valence-electron chi connectivity index (χ2n) is 3.18. The van der Waals surface area contributed by atoms with Crippen molar-refractivity contribution in [3.8, 4) is 0 Å². The lowest BCUT2D eigenvalue weighted by atomic mass is 9.99. The Hall–Kier alpha value is -1.98. The lowest BCUT2D eigenvalue weighted by Gasteiger charge is -2.10. The van der Waals surface area contributed by atoms with Crippen LogP contribution in [0.2, 0.25) is 0 Å². The molecule has 0 fully saturated rings. The summed E-state index contributed by atoms with van der Waals surface area (Å²) in [6, 6.07) is 8.43. The van der Waals surface area contributed by atoms with Crippen LogP contribution in [0.5, 0.6) is 0 Å². The molecule has 0 aliphatic heterocycles. The standard InChI is InChI=1S/C9H10N2O4/c1-7(8-5-3-2-4-6-8)9(10(12)13)11(14)15/h2-7,9H,1H3. The lowest BCUT2D eigenvalue weighted by molar-refractivity contribution is -0.745. The molecular formula is C9H10N2O4. The third kappa shape index (κ3) is 2.49. The SMILES string of the molecule is CC(c1ccccc1)C([N+](=O)[O-])[N+](=O)[O-]. The molecule has 1 aromatic rings. The van der Waals surface area contributed by atoms with E-state index in [2.05, 4.69) is 0 Å². The Morgan fingerprint density at radius 1 is 1.07 bits per heavy atom. The average molecular weight is 210 g/mol. The molecule has 0 saturated carbocycles. The fraction of sp³-hybridized carbons (Fsp3) is 0.333. The molecule has 6 nitrogen and oxygen atoms in total. The second kappa shape index (κ2) is 4.50. The van der Waals surface area contributed by atoms with Crippen molar-refractivity contribution >= 4 is 0 Å². The maximum absolute atomic E-state index is 10.5. The Morgan fingerprint density at radius 2 is 1.53 bits per heavy atom. The second-order valence-corrected chi connectivity index (χ2v) is 3.18. The van der Waals surface area contributed by atoms with Crippen molar-refractivity contribution in [3.05, 3.63) is 56.1 Å². The van der Waals surface area contributed by atoms with Gasteiger partial charge in [0.15, 0.2) is 0 Å². The highest BCUT2D eigenvalue weighted by atomic mass is 16.7. The van der Waals surface area contributed by atoms with Gasteiger partial charge in [0.25, 0.3) is 0 Å². The molecule has 0 N–H and O–H groups in total. The maximum atomic E-state index is 10.5. The topological polar surface area (TPSA) is 86.3 Å². The summed E-state index contributed by atoms with van der Waals surface area (Å²) in [5.74, 6) is -0.740. The van der Waals surface area contributed by atoms with Crippen LogP contribution in [0.1, 0.15) is 18.4 Å². The Balaban J connectivity index is 2.96. The molecule has 1 atom stereocenters. The number of benzene rings is 1. The fourth-order valence-corrected chi connectivity index (χ4v) is 1.37. The first kappa shape index (κ1) is 11.1. The van der Waals surface area contributed by atoms with E-state index in [1.165, 1.54) is 6.92 Å². The Kier molecular flexibility index (Phi) is 3.33. The van der Waals surface area contributed by atoms with Gasteiger partial charge in [-0.3, -0.25) is 20.2 Å². The highest BCUT2D eigenvalue weighted by Gasteiger charge is 2.39. The highest BCUT2D eigenvalue weighted by molar-refractivity contribution is 5.19. The third-order valence-corrected chi connectivity index (χ3v) is 2.20. The predicted molar refractivity (Wildman–Crippen MR) is 52.6 cm³/mol. The number of nitro groups is 2. The van der Waals surface area contributed by atoms with Crippen LogP contribution in [0, 0.1) is 20.2 Å². The van der Waals surface area contributed by atoms with Gasteiger partial charge in [-0.1, -0.05) is 30.3 Å². The number of rotatable bonds is 4. The molecular weight excluding hydrogens is 200 g/mol. The normalized spacial score (nSPS) is 12.4. The first-order valence-electron chi connectivity index (χ1n) is 4.36. The van der Waals surface area contributed by atoms with Crippen molar-refractivity contribution in [1.82, 2.24) is 0 Å². The molecule has 0 aliphatic carbocycles. The quantitative estimate of drug-likeness (QED) is 0.429. The van der Waals surface area contributed by atoms with E-state index in [-0.39, 0.29) is 0 Å². The van der Waals surface area contributed by atoms with Crippen LogP contribution in [-0.4, -0.2) is 16.0 Å². The predicted octanol–water partition coefficient (Wildman–Crippen LogP) is 1.67. The van der Waals surface area contributed by atoms with Crippen LogP contribution in [0.25, 0.3) is 0 Å². The third-order valence-electron chi connectivity index (χ3n) is 2.20. The molecule has 1 aromatic carbocycles. The molecule has 0 bridgehead atoms. The minimum Gasteiger partial charge on any atom is -0.259 e. The molecule has 0 spiro atoms. The molecule has 0 saturated heterocycles. The molecule has 80 valence electrons. The fourth-order valence-electron chi connectivity index (χ4n) is 1.37. The van der Waals surface area contributed by atoms with E-state index in [4.69, 9.17) is 0 Å². The minimum atomic E-state index is -1.78. The van der Waals surface area contributed by atoms with Crippen molar-refractivity contribution in [2.24, 2.45) is 0 Å². The van der Waals surface area contributed by atoms with E-state index in [1.54, 1.807) is 30.3 Å². The van der Waals surface area contributed by atoms with Gasteiger partial charge in [-0.15, -0.1) is 0 Å². The molecule has 0 amide bonds. The summed E-state index contributed by atoms with van der Waals surface area (Å²) in [5, 5.41) is 21.0. The zero-order chi connectivity index (χ0) is 11.4. The van der Waals surface area contributed by atoms with Crippen molar-refractivity contribution in [2.45, 2.75) is 19.0 Å². The summed E-state index contributed by atoms with van der Waals surface area (Å²) in [7, 11) is 0. The molecule has 6 heteroatoms. The van der Waals surface area contributed by atoms with E-state index in [0.717, 1.165) is 0 Å². The summed E-state index contributed by atoms with van der Waals surface area (Å²) in [5.41, 5.74) is 0.593. The molecule has 0 aromatic heterocycles. The molecule has 0 aliphatic rings. The van der Waals surface area contributed by atoms with Gasteiger partial charge in [-0.05, 0) is 12.5 Å². The maximum Gasteiger partial charge on any atom is 0.457 e. The van der Waals surface area contributed by atoms with Gasteiger partial charge in [0.1, 0.15) is 5.92 Å². The first-order valence-corrected chi connectivity index (χ1v) is 4.36. The first-order chi connectivity index (χ1) is 7.04. The van der Waals surface area contributed by atoms with Gasteiger partial charge in [0.2, 0.25) is 0 Å². The zero-order valence-corrected chi connectivity index (χ0v) is 8.07. The summed E-state index contributed by atoms with van der Waals surface area (Å²) in [6.45, 7) is 1.48. The summed E-state index contributed by atoms with van der Waals surface area (Å²) in [6.07, 6.45) is -1.78. The Bertz CT molecular complexity index is 352. The summed E-state index contributed by atoms with van der Waals surface area (Å²) < 4.78 is 0. The van der Waals surface area contributed by atoms with Crippen LogP contribution < -0.4 is 0 Å². The molecule has 15 heavy (non-hydrogen) atoms. The van der Waals surface area contributed by atoms with Crippen molar-refractivity contribution in [3.63, 3.8) is 0 Å². The smallest absolute Gasteiger partial charge is 0.259 e. The van der Waals surface area contributed by atoms with Crippen molar-refractivity contribution < 1.29 is 9.85 Å². The van der Waals surface area contributed by atoms with E-state index >= 15 is 0 Å². The summed E-state index contributed by atoms with van der Waals surface area (Å²) in [4.78, 5) is 19.3. The molecule has 1 rings (SSSR count). The van der Waals surface area contributed by atoms with Crippen LogP contribution in [0.15, 0.2) is 30.3 Å². The summed E-state index contributed by atoms with van der Waals surface area (Å²) >= 11 is 0. The average Bonchev–Trinajstić information content (AvgIpc) is 2.18. The monoisotopic (exact) mass is 210 g/mol. The van der Waals surface area contributed by atoms with E-state index < -0.39 is 21.9 Å². The van der Waals surface area contributed by atoms with E-state index in [9.17, 15) is 20.2 Å². The van der Waals surface area contributed by atoms with Crippen LogP contribution in [0.3, 0.4) is 0 Å². The highest BCUT2D eigenvalue weighted by Crippen LogP contribution is 2.20. The molecule has 0 radical (unpaired) electrons. The number of hydrogen-bond donors (Lipinski definition) is 0. The number of hydrogen-bond acceptors (Lipinski definition) is 4. The lowest BCUT2D eigenvalue weighted by Crippen LogP contribution is -2.33. The van der Waals surface area contributed by atoms with Gasteiger partial charge < -0.3 is 0 Å². The van der Waals surface area contributed by atoms with E-state index in [0.29, 0.717) is 5.56 Å². The number of nitrogens with zero attached hydrogens (tertiary/aromatic N) is 2. The van der Waals surface area contributed by atoms with E-state index in [1.807, 2.05) is 0 Å². The van der Waals surface area contributed by atoms with Crippen molar-refractivity contribution in [2.75, 3.05) is 0 Å². The molecule has 0 heterocycles. The Labute approximate surface area is 85.8 Å². The van der Waals surface area contributed by atoms with Gasteiger partial charge in [0.05, 0.1) is 9.85 Å². The van der Waals surface area contributed by atoms with Gasteiger partial charge in [-0.2, -0.15) is 0 Å². The van der Waals surface area contributed by atoms with Crippen LogP contribution in [-0.2, 0) is 0 Å².